The second-order valence-corrected chi connectivity index (χ2v) is 23.1. The lowest BCUT2D eigenvalue weighted by Crippen LogP contribution is -2.50. The second kappa shape index (κ2) is 11.8. The molecular formula is C48H48N2SSi+2. The van der Waals surface area contributed by atoms with E-state index in [9.17, 15) is 0 Å². The molecule has 3 aliphatic heterocycles. The third kappa shape index (κ3) is 4.87. The number of rotatable bonds is 4. The number of pyridine rings is 1. The van der Waals surface area contributed by atoms with Crippen molar-refractivity contribution in [2.24, 2.45) is 0 Å². The minimum atomic E-state index is -1.48. The van der Waals surface area contributed by atoms with Gasteiger partial charge in [-0.15, -0.1) is 11.3 Å². The van der Waals surface area contributed by atoms with Crippen molar-refractivity contribution >= 4 is 45.3 Å². The maximum absolute atomic E-state index is 2.67. The summed E-state index contributed by atoms with van der Waals surface area (Å²) >= 11 is 1.99. The van der Waals surface area contributed by atoms with Gasteiger partial charge in [-0.05, 0) is 96.3 Å². The van der Waals surface area contributed by atoms with Crippen molar-refractivity contribution in [3.63, 3.8) is 0 Å². The number of fused-ring (bicyclic) bond motifs is 12. The van der Waals surface area contributed by atoms with E-state index in [1.165, 1.54) is 96.2 Å². The quantitative estimate of drug-likeness (QED) is 0.0972. The fourth-order valence-electron chi connectivity index (χ4n) is 10.3. The van der Waals surface area contributed by atoms with Crippen LogP contribution in [0.3, 0.4) is 0 Å². The summed E-state index contributed by atoms with van der Waals surface area (Å²) < 4.78 is 6.37. The summed E-state index contributed by atoms with van der Waals surface area (Å²) in [4.78, 5) is 0. The molecule has 0 fully saturated rings. The highest BCUT2D eigenvalue weighted by molar-refractivity contribution is 7.26. The fraction of sp³-hybridized carbons (Fsp3) is 0.271. The molecule has 52 heavy (non-hydrogen) atoms. The minimum absolute atomic E-state index is 0.385. The van der Waals surface area contributed by atoms with Gasteiger partial charge in [0.1, 0.15) is 6.04 Å². The summed E-state index contributed by atoms with van der Waals surface area (Å²) in [6.45, 7) is 11.0. The lowest BCUT2D eigenvalue weighted by Gasteiger charge is -2.48. The second-order valence-electron chi connectivity index (χ2n) is 17.0. The van der Waals surface area contributed by atoms with Crippen LogP contribution in [0, 0.1) is 0 Å². The van der Waals surface area contributed by atoms with Crippen LogP contribution in [0.15, 0.2) is 126 Å². The molecule has 1 aliphatic carbocycles. The summed E-state index contributed by atoms with van der Waals surface area (Å²) in [6.07, 6.45) is 16.2. The summed E-state index contributed by atoms with van der Waals surface area (Å²) in [5, 5.41) is 4.42. The lowest BCUT2D eigenvalue weighted by molar-refractivity contribution is -0.889. The van der Waals surface area contributed by atoms with Gasteiger partial charge in [-0.2, -0.15) is 4.57 Å². The molecule has 2 nitrogen and oxygen atoms in total. The molecule has 3 unspecified atom stereocenters. The number of thiophene rings is 1. The van der Waals surface area contributed by atoms with Crippen LogP contribution in [0.2, 0.25) is 19.6 Å². The predicted octanol–water partition coefficient (Wildman–Crippen LogP) is 12.2. The van der Waals surface area contributed by atoms with Gasteiger partial charge in [-0.3, -0.25) is 4.48 Å². The Hall–Kier alpha value is -4.35. The van der Waals surface area contributed by atoms with E-state index in [-0.39, 0.29) is 0 Å². The van der Waals surface area contributed by atoms with E-state index in [4.69, 9.17) is 0 Å². The highest BCUT2D eigenvalue weighted by Crippen LogP contribution is 2.51. The first-order chi connectivity index (χ1) is 25.2. The Morgan fingerprint density at radius 2 is 1.63 bits per heavy atom. The Labute approximate surface area is 313 Å². The van der Waals surface area contributed by atoms with Crippen molar-refractivity contribution in [1.29, 1.82) is 0 Å². The van der Waals surface area contributed by atoms with Crippen LogP contribution in [-0.2, 0) is 12.8 Å². The van der Waals surface area contributed by atoms with E-state index in [0.29, 0.717) is 12.0 Å². The molecule has 0 N–H and O–H groups in total. The zero-order valence-corrected chi connectivity index (χ0v) is 33.0. The smallest absolute Gasteiger partial charge is 0.224 e. The highest BCUT2D eigenvalue weighted by Gasteiger charge is 2.45. The summed E-state index contributed by atoms with van der Waals surface area (Å²) in [5.41, 5.74) is 16.0. The van der Waals surface area contributed by atoms with Gasteiger partial charge in [-0.1, -0.05) is 92.4 Å². The molecule has 6 aromatic rings. The number of hydrogen-bond acceptors (Lipinski definition) is 1. The van der Waals surface area contributed by atoms with E-state index < -0.39 is 8.07 Å². The molecule has 0 radical (unpaired) electrons. The summed E-state index contributed by atoms with van der Waals surface area (Å²) in [5.74, 6) is 0.447. The molecule has 0 spiro atoms. The first-order valence-electron chi connectivity index (χ1n) is 19.4. The molecule has 0 bridgehead atoms. The van der Waals surface area contributed by atoms with Crippen LogP contribution in [0.4, 0.5) is 0 Å². The normalized spacial score (nSPS) is 22.8. The Kier molecular flexibility index (Phi) is 7.35. The number of benzene rings is 4. The molecule has 2 aromatic heterocycles. The zero-order chi connectivity index (χ0) is 35.4. The standard InChI is InChI=1S/C48H48N2SSi/c1-31-28-42-38-19-12-11-17-35(38)34(29-50(42,2)30-44(31)52(3,4)5)22-25-41-39-23-24-40-45-36(32-14-7-6-8-15-32)20-13-21-43(45)51-48(40)46(39)47-37-18-10-9-16-33(37)26-27-49(41)47/h6-8,11-15,17,19-21,23-28,30,34,42H,9-10,16,18,22,29H2,1-5H3/q+2/b41-25-. The molecule has 258 valence electrons. The van der Waals surface area contributed by atoms with Crippen molar-refractivity contribution in [2.45, 2.75) is 70.6 Å². The fourth-order valence-corrected chi connectivity index (χ4v) is 13.5. The van der Waals surface area contributed by atoms with E-state index in [1.807, 2.05) is 11.3 Å². The minimum Gasteiger partial charge on any atom is -0.290 e. The Balaban J connectivity index is 1.14. The van der Waals surface area contributed by atoms with E-state index in [1.54, 1.807) is 16.3 Å². The molecule has 0 amide bonds. The van der Waals surface area contributed by atoms with Gasteiger partial charge in [0, 0.05) is 38.6 Å². The summed E-state index contributed by atoms with van der Waals surface area (Å²) in [6, 6.07) is 34.9. The molecule has 5 heterocycles. The predicted molar refractivity (Wildman–Crippen MR) is 223 cm³/mol. The molecule has 10 rings (SSSR count). The molecule has 0 saturated carbocycles. The number of hydrogen-bond donors (Lipinski definition) is 0. The number of aryl methyl sites for hydroxylation is 1. The highest BCUT2D eigenvalue weighted by atomic mass is 32.1. The van der Waals surface area contributed by atoms with Crippen LogP contribution in [-0.4, -0.2) is 26.1 Å². The zero-order valence-electron chi connectivity index (χ0n) is 31.2. The van der Waals surface area contributed by atoms with Crippen LogP contribution >= 0.6 is 11.3 Å². The van der Waals surface area contributed by atoms with Crippen molar-refractivity contribution < 1.29 is 9.05 Å². The van der Waals surface area contributed by atoms with Crippen LogP contribution in [0.5, 0.6) is 0 Å². The number of aromatic nitrogens is 1. The van der Waals surface area contributed by atoms with Gasteiger partial charge in [-0.25, -0.2) is 0 Å². The van der Waals surface area contributed by atoms with Gasteiger partial charge in [0.25, 0.3) is 0 Å². The molecular weight excluding hydrogens is 665 g/mol. The lowest BCUT2D eigenvalue weighted by atomic mass is 9.80. The maximum atomic E-state index is 2.67. The third-order valence-electron chi connectivity index (χ3n) is 12.6. The summed E-state index contributed by atoms with van der Waals surface area (Å²) in [7, 11) is 1.01. The third-order valence-corrected chi connectivity index (χ3v) is 16.0. The van der Waals surface area contributed by atoms with E-state index in [2.05, 4.69) is 154 Å². The molecule has 4 aliphatic rings. The molecule has 4 aromatic carbocycles. The van der Waals surface area contributed by atoms with Crippen molar-refractivity contribution in [1.82, 2.24) is 0 Å². The average Bonchev–Trinajstić information content (AvgIpc) is 3.70. The molecule has 3 atom stereocenters. The van der Waals surface area contributed by atoms with Gasteiger partial charge in [0.15, 0.2) is 6.20 Å². The molecule has 0 saturated heterocycles. The Morgan fingerprint density at radius 1 is 0.846 bits per heavy atom. The van der Waals surface area contributed by atoms with Gasteiger partial charge in [0.2, 0.25) is 11.4 Å². The van der Waals surface area contributed by atoms with Crippen LogP contribution in [0.25, 0.3) is 48.3 Å². The van der Waals surface area contributed by atoms with Crippen molar-refractivity contribution in [3.8, 4) is 22.4 Å². The van der Waals surface area contributed by atoms with E-state index >= 15 is 0 Å². The van der Waals surface area contributed by atoms with Gasteiger partial charge >= 0.3 is 0 Å². The van der Waals surface area contributed by atoms with Crippen molar-refractivity contribution in [3.05, 3.63) is 154 Å². The van der Waals surface area contributed by atoms with Crippen LogP contribution < -0.4 is 4.57 Å². The number of quaternary nitrogens is 1. The van der Waals surface area contributed by atoms with Crippen LogP contribution in [0.1, 0.15) is 66.0 Å². The SMILES string of the molecule is CC1=CC2c3ccccc3C(C/C=C3/c4ccc5c(sc6cccc(-c7ccccc7)c65)c4-c4c5c(cc[n+]43)CCCC5)C[N+]2(C)C=C1[Si](C)(C)C. The Bertz CT molecular complexity index is 2550. The first kappa shape index (κ1) is 32.3. The Morgan fingerprint density at radius 3 is 2.46 bits per heavy atom. The number of likely N-dealkylation sites (N-methyl/N-ethyl adjacent to an activating group) is 1. The largest absolute Gasteiger partial charge is 0.290 e. The topological polar surface area (TPSA) is 3.88 Å². The maximum Gasteiger partial charge on any atom is 0.224 e. The van der Waals surface area contributed by atoms with E-state index in [0.717, 1.165) is 17.4 Å². The molecule has 4 heteroatoms. The number of allylic oxidation sites excluding steroid dienone is 3. The van der Waals surface area contributed by atoms with Gasteiger partial charge in [0.05, 0.1) is 43.7 Å². The monoisotopic (exact) mass is 712 g/mol. The number of nitrogens with zero attached hydrogens (tertiary/aromatic N) is 2. The van der Waals surface area contributed by atoms with Gasteiger partial charge < -0.3 is 0 Å². The average molecular weight is 713 g/mol. The van der Waals surface area contributed by atoms with Crippen molar-refractivity contribution in [2.75, 3.05) is 13.6 Å². The first-order valence-corrected chi connectivity index (χ1v) is 23.7.